The maximum atomic E-state index is 13.0. The number of benzene rings is 2. The lowest BCUT2D eigenvalue weighted by molar-refractivity contribution is -0.118. The first-order valence-electron chi connectivity index (χ1n) is 8.28. The van der Waals surface area contributed by atoms with E-state index in [1.54, 1.807) is 26.4 Å². The summed E-state index contributed by atoms with van der Waals surface area (Å²) < 4.78 is 10.5. The molecule has 5 nitrogen and oxygen atoms in total. The summed E-state index contributed by atoms with van der Waals surface area (Å²) in [7, 11) is 3.17. The fraction of sp³-hybridized carbons (Fsp3) is 0.250. The van der Waals surface area contributed by atoms with Gasteiger partial charge in [-0.3, -0.25) is 4.79 Å². The van der Waals surface area contributed by atoms with E-state index in [2.05, 4.69) is 16.4 Å². The molecule has 1 heterocycles. The van der Waals surface area contributed by atoms with Gasteiger partial charge in [0.1, 0.15) is 0 Å². The van der Waals surface area contributed by atoms with Crippen molar-refractivity contribution in [2.24, 2.45) is 0 Å². The van der Waals surface area contributed by atoms with Gasteiger partial charge in [0.25, 0.3) is 0 Å². The third kappa shape index (κ3) is 2.52. The standard InChI is InChI=1S/C20H20N2O3/c1-24-17-8-7-13(11-18(17)25-2)22-19(23)20(9-10-20)15-12-21-16-6-4-3-5-14(15)16/h3-8,11-12,21H,9-10H2,1-2H3,(H,22,23). The summed E-state index contributed by atoms with van der Waals surface area (Å²) in [4.78, 5) is 16.3. The van der Waals surface area contributed by atoms with Gasteiger partial charge in [-0.05, 0) is 36.6 Å². The average Bonchev–Trinajstić information content (AvgIpc) is 3.34. The van der Waals surface area contributed by atoms with Crippen molar-refractivity contribution in [1.29, 1.82) is 0 Å². The molecular weight excluding hydrogens is 316 g/mol. The summed E-state index contributed by atoms with van der Waals surface area (Å²) in [5.74, 6) is 1.25. The number of H-pyrrole nitrogens is 1. The molecule has 1 aromatic heterocycles. The van der Waals surface area contributed by atoms with Crippen LogP contribution in [0.15, 0.2) is 48.7 Å². The second-order valence-electron chi connectivity index (χ2n) is 6.35. The molecule has 1 saturated carbocycles. The number of nitrogens with one attached hydrogen (secondary N) is 2. The van der Waals surface area contributed by atoms with Crippen LogP contribution >= 0.6 is 0 Å². The Morgan fingerprint density at radius 2 is 1.84 bits per heavy atom. The van der Waals surface area contributed by atoms with Gasteiger partial charge in [-0.25, -0.2) is 0 Å². The van der Waals surface area contributed by atoms with Crippen LogP contribution in [0.25, 0.3) is 10.9 Å². The number of aromatic nitrogens is 1. The first kappa shape index (κ1) is 15.6. The summed E-state index contributed by atoms with van der Waals surface area (Å²) in [5.41, 5.74) is 2.38. The molecule has 1 aliphatic rings. The molecule has 1 amide bonds. The molecule has 2 aromatic carbocycles. The molecule has 0 saturated heterocycles. The Labute approximate surface area is 146 Å². The van der Waals surface area contributed by atoms with E-state index in [1.165, 1.54) is 0 Å². The van der Waals surface area contributed by atoms with Gasteiger partial charge in [0.15, 0.2) is 11.5 Å². The minimum absolute atomic E-state index is 0.0180. The number of rotatable bonds is 5. The van der Waals surface area contributed by atoms with Crippen molar-refractivity contribution in [1.82, 2.24) is 4.98 Å². The van der Waals surface area contributed by atoms with E-state index in [9.17, 15) is 4.79 Å². The zero-order chi connectivity index (χ0) is 17.4. The molecule has 4 rings (SSSR count). The lowest BCUT2D eigenvalue weighted by Gasteiger charge is -2.16. The number of fused-ring (bicyclic) bond motifs is 1. The van der Waals surface area contributed by atoms with Gasteiger partial charge in [0, 0.05) is 28.9 Å². The van der Waals surface area contributed by atoms with E-state index in [-0.39, 0.29) is 5.91 Å². The van der Waals surface area contributed by atoms with Crippen LogP contribution in [0.2, 0.25) is 0 Å². The number of aromatic amines is 1. The predicted molar refractivity (Wildman–Crippen MR) is 97.4 cm³/mol. The van der Waals surface area contributed by atoms with E-state index in [4.69, 9.17) is 9.47 Å². The number of hydrogen-bond acceptors (Lipinski definition) is 3. The highest BCUT2D eigenvalue weighted by atomic mass is 16.5. The van der Waals surface area contributed by atoms with Crippen LogP contribution in [0.5, 0.6) is 11.5 Å². The van der Waals surface area contributed by atoms with E-state index in [1.807, 2.05) is 30.5 Å². The normalized spacial score (nSPS) is 15.0. The third-order valence-electron chi connectivity index (χ3n) is 4.93. The molecular formula is C20H20N2O3. The van der Waals surface area contributed by atoms with Crippen molar-refractivity contribution in [2.45, 2.75) is 18.3 Å². The van der Waals surface area contributed by atoms with E-state index >= 15 is 0 Å². The van der Waals surface area contributed by atoms with Crippen LogP contribution in [-0.4, -0.2) is 25.1 Å². The zero-order valence-corrected chi connectivity index (χ0v) is 14.3. The number of carbonyl (C=O) groups is 1. The number of ether oxygens (including phenoxy) is 2. The van der Waals surface area contributed by atoms with Crippen molar-refractivity contribution in [2.75, 3.05) is 19.5 Å². The lowest BCUT2D eigenvalue weighted by atomic mass is 9.94. The maximum Gasteiger partial charge on any atom is 0.235 e. The Morgan fingerprint density at radius 3 is 2.56 bits per heavy atom. The minimum atomic E-state index is -0.452. The largest absolute Gasteiger partial charge is 0.493 e. The molecule has 0 bridgehead atoms. The Kier molecular flexibility index (Phi) is 3.64. The summed E-state index contributed by atoms with van der Waals surface area (Å²) in [6.07, 6.45) is 3.67. The molecule has 3 aromatic rings. The molecule has 0 unspecified atom stereocenters. The Hall–Kier alpha value is -2.95. The SMILES string of the molecule is COc1ccc(NC(=O)C2(c3c[nH]c4ccccc34)CC2)cc1OC. The van der Waals surface area contributed by atoms with E-state index in [0.717, 1.165) is 29.3 Å². The van der Waals surface area contributed by atoms with Crippen LogP contribution in [0.4, 0.5) is 5.69 Å². The summed E-state index contributed by atoms with van der Waals surface area (Å²) in [6.45, 7) is 0. The van der Waals surface area contributed by atoms with Crippen LogP contribution in [0.1, 0.15) is 18.4 Å². The number of hydrogen-bond donors (Lipinski definition) is 2. The van der Waals surface area contributed by atoms with Gasteiger partial charge in [0.05, 0.1) is 19.6 Å². The molecule has 25 heavy (non-hydrogen) atoms. The Bertz CT molecular complexity index is 941. The highest BCUT2D eigenvalue weighted by molar-refractivity contribution is 6.04. The van der Waals surface area contributed by atoms with Crippen molar-refractivity contribution in [3.63, 3.8) is 0 Å². The molecule has 128 valence electrons. The Morgan fingerprint density at radius 1 is 1.08 bits per heavy atom. The fourth-order valence-corrected chi connectivity index (χ4v) is 3.38. The lowest BCUT2D eigenvalue weighted by Crippen LogP contribution is -2.27. The van der Waals surface area contributed by atoms with Crippen LogP contribution in [0.3, 0.4) is 0 Å². The first-order valence-corrected chi connectivity index (χ1v) is 8.28. The first-order chi connectivity index (χ1) is 12.2. The molecule has 0 spiro atoms. The van der Waals surface area contributed by atoms with Gasteiger partial charge in [-0.15, -0.1) is 0 Å². The molecule has 0 atom stereocenters. The van der Waals surface area contributed by atoms with Gasteiger partial charge >= 0.3 is 0 Å². The van der Waals surface area contributed by atoms with Crippen molar-refractivity contribution in [3.05, 3.63) is 54.2 Å². The molecule has 2 N–H and O–H groups in total. The van der Waals surface area contributed by atoms with Gasteiger partial charge < -0.3 is 19.8 Å². The fourth-order valence-electron chi connectivity index (χ4n) is 3.38. The number of amides is 1. The van der Waals surface area contributed by atoms with Gasteiger partial charge in [-0.2, -0.15) is 0 Å². The van der Waals surface area contributed by atoms with Crippen molar-refractivity contribution >= 4 is 22.5 Å². The summed E-state index contributed by atoms with van der Waals surface area (Å²) in [6, 6.07) is 13.5. The predicted octanol–water partition coefficient (Wildman–Crippen LogP) is 3.86. The Balaban J connectivity index is 1.63. The molecule has 0 radical (unpaired) electrons. The maximum absolute atomic E-state index is 13.0. The number of methoxy groups -OCH3 is 2. The summed E-state index contributed by atoms with van der Waals surface area (Å²) >= 11 is 0. The minimum Gasteiger partial charge on any atom is -0.493 e. The topological polar surface area (TPSA) is 63.3 Å². The van der Waals surface area contributed by atoms with Crippen molar-refractivity contribution in [3.8, 4) is 11.5 Å². The summed E-state index contributed by atoms with van der Waals surface area (Å²) in [5, 5.41) is 4.15. The second-order valence-corrected chi connectivity index (χ2v) is 6.35. The second kappa shape index (κ2) is 5.84. The van der Waals surface area contributed by atoms with Crippen LogP contribution in [0, 0.1) is 0 Å². The monoisotopic (exact) mass is 336 g/mol. The zero-order valence-electron chi connectivity index (χ0n) is 14.3. The highest BCUT2D eigenvalue weighted by Gasteiger charge is 2.52. The molecule has 5 heteroatoms. The molecule has 1 fully saturated rings. The highest BCUT2D eigenvalue weighted by Crippen LogP contribution is 2.51. The average molecular weight is 336 g/mol. The van der Waals surface area contributed by atoms with Crippen LogP contribution in [-0.2, 0) is 10.2 Å². The number of para-hydroxylation sites is 1. The van der Waals surface area contributed by atoms with E-state index in [0.29, 0.717) is 17.2 Å². The third-order valence-corrected chi connectivity index (χ3v) is 4.93. The quantitative estimate of drug-likeness (QED) is 0.744. The van der Waals surface area contributed by atoms with Crippen LogP contribution < -0.4 is 14.8 Å². The van der Waals surface area contributed by atoms with Gasteiger partial charge in [0.2, 0.25) is 5.91 Å². The van der Waals surface area contributed by atoms with E-state index < -0.39 is 5.41 Å². The number of carbonyl (C=O) groups excluding carboxylic acids is 1. The van der Waals surface area contributed by atoms with Crippen molar-refractivity contribution < 1.29 is 14.3 Å². The number of anilines is 1. The smallest absolute Gasteiger partial charge is 0.235 e. The van der Waals surface area contributed by atoms with Gasteiger partial charge in [-0.1, -0.05) is 18.2 Å². The molecule has 0 aliphatic heterocycles. The molecule has 1 aliphatic carbocycles.